The van der Waals surface area contributed by atoms with Crippen molar-refractivity contribution in [1.82, 2.24) is 5.32 Å². The summed E-state index contributed by atoms with van der Waals surface area (Å²) in [6.07, 6.45) is 2.88. The number of piperidine rings is 1. The van der Waals surface area contributed by atoms with E-state index in [1.807, 2.05) is 47.4 Å². The van der Waals surface area contributed by atoms with Crippen molar-refractivity contribution in [1.29, 1.82) is 5.41 Å². The summed E-state index contributed by atoms with van der Waals surface area (Å²) in [5, 5.41) is 13.2. The SMILES string of the molecule is CCOC(=O)CCC(=O)N1c2ccc(OC3CCNCC3)cc2CC1c1ccc2ccc(C(=N)N)cc2c1. The molecule has 1 amide bonds. The Bertz CT molecular complexity index is 1370. The van der Waals surface area contributed by atoms with Gasteiger partial charge >= 0.3 is 5.97 Å². The molecule has 0 aliphatic carbocycles. The van der Waals surface area contributed by atoms with E-state index in [1.54, 1.807) is 6.92 Å². The summed E-state index contributed by atoms with van der Waals surface area (Å²) in [4.78, 5) is 27.3. The number of nitrogens with one attached hydrogen (secondary N) is 2. The lowest BCUT2D eigenvalue weighted by Gasteiger charge is -2.27. The third kappa shape index (κ3) is 5.50. The first kappa shape index (κ1) is 25.7. The number of anilines is 1. The number of carbonyl (C=O) groups excluding carboxylic acids is 2. The predicted molar refractivity (Wildman–Crippen MR) is 148 cm³/mol. The van der Waals surface area contributed by atoms with Crippen LogP contribution in [0.2, 0.25) is 0 Å². The van der Waals surface area contributed by atoms with E-state index in [2.05, 4.69) is 17.4 Å². The summed E-state index contributed by atoms with van der Waals surface area (Å²) >= 11 is 0. The Morgan fingerprint density at radius 1 is 1.03 bits per heavy atom. The Morgan fingerprint density at radius 2 is 1.82 bits per heavy atom. The van der Waals surface area contributed by atoms with Crippen LogP contribution in [0.5, 0.6) is 5.75 Å². The van der Waals surface area contributed by atoms with Crippen LogP contribution in [0, 0.1) is 5.41 Å². The number of hydrogen-bond acceptors (Lipinski definition) is 6. The number of fused-ring (bicyclic) bond motifs is 2. The first-order valence-corrected chi connectivity index (χ1v) is 13.3. The fraction of sp³-hybridized carbons (Fsp3) is 0.367. The minimum atomic E-state index is -0.370. The summed E-state index contributed by atoms with van der Waals surface area (Å²) < 4.78 is 11.3. The lowest BCUT2D eigenvalue weighted by atomic mass is 9.97. The van der Waals surface area contributed by atoms with Gasteiger partial charge in [0, 0.05) is 17.7 Å². The van der Waals surface area contributed by atoms with Crippen molar-refractivity contribution < 1.29 is 19.1 Å². The molecule has 8 heteroatoms. The van der Waals surface area contributed by atoms with Gasteiger partial charge in [0.15, 0.2) is 0 Å². The second kappa shape index (κ2) is 11.2. The van der Waals surface area contributed by atoms with E-state index >= 15 is 0 Å². The number of amidine groups is 1. The van der Waals surface area contributed by atoms with Crippen LogP contribution in [0.1, 0.15) is 55.3 Å². The Balaban J connectivity index is 1.46. The third-order valence-corrected chi connectivity index (χ3v) is 7.30. The Hall–Kier alpha value is -3.91. The summed E-state index contributed by atoms with van der Waals surface area (Å²) in [5.74, 6) is 0.346. The van der Waals surface area contributed by atoms with Gasteiger partial charge in [-0.3, -0.25) is 15.0 Å². The maximum Gasteiger partial charge on any atom is 0.306 e. The van der Waals surface area contributed by atoms with E-state index < -0.39 is 0 Å². The van der Waals surface area contributed by atoms with Crippen LogP contribution < -0.4 is 20.7 Å². The van der Waals surface area contributed by atoms with Gasteiger partial charge in [0.2, 0.25) is 5.91 Å². The van der Waals surface area contributed by atoms with Gasteiger partial charge in [0.1, 0.15) is 17.7 Å². The number of hydrogen-bond donors (Lipinski definition) is 3. The van der Waals surface area contributed by atoms with E-state index in [-0.39, 0.29) is 42.7 Å². The molecule has 1 saturated heterocycles. The van der Waals surface area contributed by atoms with E-state index in [4.69, 9.17) is 20.6 Å². The zero-order valence-corrected chi connectivity index (χ0v) is 21.7. The smallest absolute Gasteiger partial charge is 0.306 e. The largest absolute Gasteiger partial charge is 0.490 e. The molecule has 8 nitrogen and oxygen atoms in total. The van der Waals surface area contributed by atoms with Crippen molar-refractivity contribution in [2.24, 2.45) is 5.73 Å². The van der Waals surface area contributed by atoms with Crippen LogP contribution in [-0.2, 0) is 20.7 Å². The number of carbonyl (C=O) groups is 2. The molecule has 1 atom stereocenters. The first-order valence-electron chi connectivity index (χ1n) is 13.3. The maximum atomic E-state index is 13.5. The standard InChI is InChI=1S/C30H34N4O4/c1-2-37-29(36)10-9-28(35)34-26-8-7-25(38-24-11-13-33-14-12-24)17-23(26)18-27(34)20-5-3-19-4-6-21(30(31)32)16-22(19)15-20/h3-8,15-17,24,27,33H,2,9-14,18H2,1H3,(H3,31,32). The summed E-state index contributed by atoms with van der Waals surface area (Å²) in [7, 11) is 0. The molecule has 0 radical (unpaired) electrons. The fourth-order valence-corrected chi connectivity index (χ4v) is 5.38. The number of benzene rings is 3. The molecule has 3 aromatic carbocycles. The van der Waals surface area contributed by atoms with E-state index in [1.165, 1.54) is 0 Å². The summed E-state index contributed by atoms with van der Waals surface area (Å²) in [6.45, 7) is 3.95. The fourth-order valence-electron chi connectivity index (χ4n) is 5.38. The molecule has 1 fully saturated rings. The molecule has 4 N–H and O–H groups in total. The highest BCUT2D eigenvalue weighted by molar-refractivity contribution is 6.00. The van der Waals surface area contributed by atoms with Gasteiger partial charge in [-0.2, -0.15) is 0 Å². The third-order valence-electron chi connectivity index (χ3n) is 7.30. The molecular formula is C30H34N4O4. The van der Waals surface area contributed by atoms with Gasteiger partial charge in [0.25, 0.3) is 0 Å². The molecule has 3 aromatic rings. The summed E-state index contributed by atoms with van der Waals surface area (Å²) in [6, 6.07) is 17.6. The average Bonchev–Trinajstić information content (AvgIpc) is 3.30. The monoisotopic (exact) mass is 514 g/mol. The van der Waals surface area contributed by atoms with Gasteiger partial charge in [-0.25, -0.2) is 0 Å². The predicted octanol–water partition coefficient (Wildman–Crippen LogP) is 4.23. The van der Waals surface area contributed by atoms with Crippen LogP contribution in [-0.4, -0.2) is 43.5 Å². The lowest BCUT2D eigenvalue weighted by molar-refractivity contribution is -0.144. The Kier molecular flexibility index (Phi) is 7.60. The van der Waals surface area contributed by atoms with Crippen molar-refractivity contribution in [2.75, 3.05) is 24.6 Å². The van der Waals surface area contributed by atoms with E-state index in [0.717, 1.165) is 59.3 Å². The Labute approximate surface area is 222 Å². The van der Waals surface area contributed by atoms with Crippen molar-refractivity contribution >= 4 is 34.2 Å². The van der Waals surface area contributed by atoms with Crippen LogP contribution in [0.4, 0.5) is 5.69 Å². The first-order chi connectivity index (χ1) is 18.4. The maximum absolute atomic E-state index is 13.5. The van der Waals surface area contributed by atoms with Gasteiger partial charge in [-0.1, -0.05) is 24.3 Å². The Morgan fingerprint density at radius 3 is 2.58 bits per heavy atom. The highest BCUT2D eigenvalue weighted by Gasteiger charge is 2.35. The van der Waals surface area contributed by atoms with Crippen molar-refractivity contribution in [3.63, 3.8) is 0 Å². The number of rotatable bonds is 8. The molecule has 38 heavy (non-hydrogen) atoms. The molecule has 5 rings (SSSR count). The molecule has 198 valence electrons. The van der Waals surface area contributed by atoms with Gasteiger partial charge in [0.05, 0.1) is 19.1 Å². The molecule has 0 bridgehead atoms. The van der Waals surface area contributed by atoms with Crippen molar-refractivity contribution in [3.8, 4) is 5.75 Å². The molecule has 0 spiro atoms. The quantitative estimate of drug-likeness (QED) is 0.235. The molecule has 0 aromatic heterocycles. The van der Waals surface area contributed by atoms with Gasteiger partial charge in [-0.05, 0) is 91.5 Å². The summed E-state index contributed by atoms with van der Waals surface area (Å²) in [5.41, 5.74) is 9.26. The zero-order valence-electron chi connectivity index (χ0n) is 21.7. The van der Waals surface area contributed by atoms with Crippen LogP contribution in [0.25, 0.3) is 10.8 Å². The number of nitrogens with zero attached hydrogens (tertiary/aromatic N) is 1. The molecule has 2 aliphatic heterocycles. The highest BCUT2D eigenvalue weighted by atomic mass is 16.5. The topological polar surface area (TPSA) is 118 Å². The lowest BCUT2D eigenvalue weighted by Crippen LogP contribution is -2.34. The van der Waals surface area contributed by atoms with Crippen molar-refractivity contribution in [2.45, 2.75) is 51.2 Å². The highest BCUT2D eigenvalue weighted by Crippen LogP contribution is 2.43. The number of ether oxygens (including phenoxy) is 2. The van der Waals surface area contributed by atoms with E-state index in [9.17, 15) is 9.59 Å². The van der Waals surface area contributed by atoms with Gasteiger partial charge < -0.3 is 25.4 Å². The molecular weight excluding hydrogens is 480 g/mol. The molecule has 1 unspecified atom stereocenters. The average molecular weight is 515 g/mol. The number of esters is 1. The van der Waals surface area contributed by atoms with Gasteiger partial charge in [-0.15, -0.1) is 0 Å². The minimum absolute atomic E-state index is 0.0163. The van der Waals surface area contributed by atoms with Crippen molar-refractivity contribution in [3.05, 3.63) is 71.3 Å². The molecule has 0 saturated carbocycles. The number of amides is 1. The van der Waals surface area contributed by atoms with E-state index in [0.29, 0.717) is 18.6 Å². The second-order valence-corrected chi connectivity index (χ2v) is 9.88. The number of nitrogens with two attached hydrogens (primary N) is 1. The molecule has 2 aliphatic rings. The zero-order chi connectivity index (χ0) is 26.6. The normalized spacial score (nSPS) is 17.3. The van der Waals surface area contributed by atoms with Crippen LogP contribution in [0.3, 0.4) is 0 Å². The second-order valence-electron chi connectivity index (χ2n) is 9.88. The van der Waals surface area contributed by atoms with Crippen LogP contribution >= 0.6 is 0 Å². The molecule has 2 heterocycles. The minimum Gasteiger partial charge on any atom is -0.490 e. The number of nitrogen functional groups attached to an aromatic ring is 1. The van der Waals surface area contributed by atoms with Crippen LogP contribution in [0.15, 0.2) is 54.6 Å².